The van der Waals surface area contributed by atoms with Crippen molar-refractivity contribution in [2.45, 2.75) is 59.7 Å². The molecule has 0 fully saturated rings. The number of nitrogens with one attached hydrogen (secondary N) is 1. The van der Waals surface area contributed by atoms with E-state index in [9.17, 15) is 22.8 Å². The lowest BCUT2D eigenvalue weighted by atomic mass is 9.92. The van der Waals surface area contributed by atoms with Crippen molar-refractivity contribution in [3.05, 3.63) is 52.7 Å². The molecule has 3 rings (SSSR count). The summed E-state index contributed by atoms with van der Waals surface area (Å²) in [6, 6.07) is 6.59. The van der Waals surface area contributed by atoms with Gasteiger partial charge in [0.15, 0.2) is 0 Å². The first-order valence-electron chi connectivity index (χ1n) is 10.1. The molecule has 31 heavy (non-hydrogen) atoms. The Labute approximate surface area is 179 Å². The molecule has 1 aliphatic rings. The fourth-order valence-electron chi connectivity index (χ4n) is 3.49. The number of aryl methyl sites for hydroxylation is 2. The number of carbonyl (C=O) groups excluding carboxylic acids is 2. The Morgan fingerprint density at radius 1 is 1.13 bits per heavy atom. The van der Waals surface area contributed by atoms with Crippen LogP contribution < -0.4 is 10.2 Å². The van der Waals surface area contributed by atoms with Crippen LogP contribution in [0.5, 0.6) is 0 Å². The number of pyridine rings is 1. The van der Waals surface area contributed by atoms with Crippen molar-refractivity contribution in [2.24, 2.45) is 5.41 Å². The van der Waals surface area contributed by atoms with Crippen LogP contribution in [0.25, 0.3) is 0 Å². The van der Waals surface area contributed by atoms with Crippen LogP contribution in [-0.2, 0) is 28.7 Å². The molecule has 0 aliphatic carbocycles. The maximum Gasteiger partial charge on any atom is 0.416 e. The summed E-state index contributed by atoms with van der Waals surface area (Å²) in [4.78, 5) is 31.0. The summed E-state index contributed by atoms with van der Waals surface area (Å²) in [6.45, 7) is 7.88. The summed E-state index contributed by atoms with van der Waals surface area (Å²) in [5.74, 6) is 0.228. The number of rotatable bonds is 4. The number of hydrogen-bond acceptors (Lipinski definition) is 3. The van der Waals surface area contributed by atoms with Crippen molar-refractivity contribution in [1.29, 1.82) is 0 Å². The standard InChI is InChI=1S/C23H26F3N3O2/c1-14-11-18-17(27-21(14)28-19(30)12-22(2,3)4)9-10-20(31)29(18)13-15-5-7-16(8-6-15)23(24,25)26/h5-8,11H,9-10,12-13H2,1-4H3,(H,27,28,30). The summed E-state index contributed by atoms with van der Waals surface area (Å²) in [5.41, 5.74) is 1.74. The second-order valence-electron chi connectivity index (χ2n) is 9.08. The Morgan fingerprint density at radius 2 is 1.77 bits per heavy atom. The quantitative estimate of drug-likeness (QED) is 0.715. The van der Waals surface area contributed by atoms with Crippen LogP contribution in [0, 0.1) is 12.3 Å². The van der Waals surface area contributed by atoms with E-state index < -0.39 is 11.7 Å². The lowest BCUT2D eigenvalue weighted by Gasteiger charge is -2.30. The molecule has 166 valence electrons. The first-order chi connectivity index (χ1) is 14.3. The van der Waals surface area contributed by atoms with Gasteiger partial charge in [-0.3, -0.25) is 9.59 Å². The topological polar surface area (TPSA) is 62.3 Å². The second kappa shape index (κ2) is 8.32. The normalized spacial score (nSPS) is 14.4. The predicted molar refractivity (Wildman–Crippen MR) is 113 cm³/mol. The summed E-state index contributed by atoms with van der Waals surface area (Å²) >= 11 is 0. The van der Waals surface area contributed by atoms with E-state index in [0.717, 1.165) is 12.1 Å². The van der Waals surface area contributed by atoms with Crippen molar-refractivity contribution in [3.8, 4) is 0 Å². The number of halogens is 3. The molecule has 1 aromatic carbocycles. The third kappa shape index (κ3) is 5.62. The van der Waals surface area contributed by atoms with Crippen LogP contribution in [0.4, 0.5) is 24.7 Å². The van der Waals surface area contributed by atoms with E-state index in [1.165, 1.54) is 12.1 Å². The van der Waals surface area contributed by atoms with Gasteiger partial charge < -0.3 is 10.2 Å². The Kier molecular flexibility index (Phi) is 6.11. The van der Waals surface area contributed by atoms with Gasteiger partial charge in [0, 0.05) is 19.3 Å². The molecule has 5 nitrogen and oxygen atoms in total. The smallest absolute Gasteiger partial charge is 0.310 e. The number of nitrogens with zero attached hydrogens (tertiary/aromatic N) is 2. The van der Waals surface area contributed by atoms with Gasteiger partial charge in [0.25, 0.3) is 0 Å². The van der Waals surface area contributed by atoms with E-state index in [0.29, 0.717) is 41.2 Å². The molecule has 1 N–H and O–H groups in total. The van der Waals surface area contributed by atoms with Gasteiger partial charge in [0.2, 0.25) is 11.8 Å². The molecule has 2 heterocycles. The molecular formula is C23H26F3N3O2. The SMILES string of the molecule is Cc1cc2c(nc1NC(=O)CC(C)(C)C)CCC(=O)N2Cc1ccc(C(F)(F)F)cc1. The average Bonchev–Trinajstić information content (AvgIpc) is 2.63. The molecule has 1 aliphatic heterocycles. The molecule has 2 aromatic rings. The molecule has 0 bridgehead atoms. The third-order valence-corrected chi connectivity index (χ3v) is 5.01. The fourth-order valence-corrected chi connectivity index (χ4v) is 3.49. The molecule has 1 aromatic heterocycles. The number of anilines is 2. The number of alkyl halides is 3. The zero-order chi connectivity index (χ0) is 23.0. The highest BCUT2D eigenvalue weighted by Crippen LogP contribution is 2.33. The van der Waals surface area contributed by atoms with Crippen molar-refractivity contribution in [3.63, 3.8) is 0 Å². The van der Waals surface area contributed by atoms with Gasteiger partial charge in [-0.15, -0.1) is 0 Å². The molecule has 2 amide bonds. The fraction of sp³-hybridized carbons (Fsp3) is 0.435. The van der Waals surface area contributed by atoms with E-state index >= 15 is 0 Å². The Balaban J connectivity index is 1.83. The van der Waals surface area contributed by atoms with E-state index in [1.54, 1.807) is 17.9 Å². The van der Waals surface area contributed by atoms with Gasteiger partial charge in [-0.25, -0.2) is 4.98 Å². The Morgan fingerprint density at radius 3 is 2.35 bits per heavy atom. The lowest BCUT2D eigenvalue weighted by Crippen LogP contribution is -2.35. The second-order valence-corrected chi connectivity index (χ2v) is 9.08. The average molecular weight is 433 g/mol. The van der Waals surface area contributed by atoms with E-state index in [4.69, 9.17) is 0 Å². The number of amides is 2. The highest BCUT2D eigenvalue weighted by Gasteiger charge is 2.31. The van der Waals surface area contributed by atoms with Gasteiger partial charge in [0.05, 0.1) is 23.5 Å². The van der Waals surface area contributed by atoms with Crippen LogP contribution in [0.2, 0.25) is 0 Å². The summed E-state index contributed by atoms with van der Waals surface area (Å²) in [7, 11) is 0. The zero-order valence-electron chi connectivity index (χ0n) is 18.1. The predicted octanol–water partition coefficient (Wildman–Crippen LogP) is 5.26. The largest absolute Gasteiger partial charge is 0.416 e. The summed E-state index contributed by atoms with van der Waals surface area (Å²) in [6.07, 6.45) is -3.36. The van der Waals surface area contributed by atoms with Crippen LogP contribution in [0.15, 0.2) is 30.3 Å². The highest BCUT2D eigenvalue weighted by molar-refractivity contribution is 5.97. The van der Waals surface area contributed by atoms with Gasteiger partial charge in [-0.1, -0.05) is 32.9 Å². The summed E-state index contributed by atoms with van der Waals surface area (Å²) < 4.78 is 38.4. The minimum absolute atomic E-state index is 0.113. The lowest BCUT2D eigenvalue weighted by molar-refractivity contribution is -0.137. The van der Waals surface area contributed by atoms with E-state index in [2.05, 4.69) is 10.3 Å². The molecule has 0 atom stereocenters. The number of fused-ring (bicyclic) bond motifs is 1. The van der Waals surface area contributed by atoms with E-state index in [-0.39, 0.29) is 30.2 Å². The van der Waals surface area contributed by atoms with Gasteiger partial charge >= 0.3 is 6.18 Å². The molecule has 0 unspecified atom stereocenters. The Bertz CT molecular complexity index is 993. The third-order valence-electron chi connectivity index (χ3n) is 5.01. The van der Waals surface area contributed by atoms with Crippen molar-refractivity contribution < 1.29 is 22.8 Å². The molecule has 0 radical (unpaired) electrons. The number of benzene rings is 1. The van der Waals surface area contributed by atoms with Crippen molar-refractivity contribution in [1.82, 2.24) is 4.98 Å². The number of aromatic nitrogens is 1. The maximum absolute atomic E-state index is 12.8. The monoisotopic (exact) mass is 433 g/mol. The van der Waals surface area contributed by atoms with Crippen LogP contribution in [0.1, 0.15) is 56.0 Å². The molecule has 0 spiro atoms. The molecular weight excluding hydrogens is 407 g/mol. The van der Waals surface area contributed by atoms with Gasteiger partial charge in [0.1, 0.15) is 5.82 Å². The van der Waals surface area contributed by atoms with Gasteiger partial charge in [-0.2, -0.15) is 13.2 Å². The Hall–Kier alpha value is -2.90. The summed E-state index contributed by atoms with van der Waals surface area (Å²) in [5, 5.41) is 2.85. The van der Waals surface area contributed by atoms with Crippen LogP contribution >= 0.6 is 0 Å². The first-order valence-corrected chi connectivity index (χ1v) is 10.1. The van der Waals surface area contributed by atoms with Gasteiger partial charge in [-0.05, 0) is 41.7 Å². The minimum Gasteiger partial charge on any atom is -0.310 e. The number of carbonyl (C=O) groups is 2. The molecule has 8 heteroatoms. The van der Waals surface area contributed by atoms with Crippen molar-refractivity contribution >= 4 is 23.3 Å². The minimum atomic E-state index is -4.40. The van der Waals surface area contributed by atoms with Crippen LogP contribution in [-0.4, -0.2) is 16.8 Å². The number of hydrogen-bond donors (Lipinski definition) is 1. The molecule has 0 saturated heterocycles. The first kappa shape index (κ1) is 22.8. The molecule has 0 saturated carbocycles. The van der Waals surface area contributed by atoms with E-state index in [1.807, 2.05) is 20.8 Å². The maximum atomic E-state index is 12.8. The zero-order valence-corrected chi connectivity index (χ0v) is 18.1. The van der Waals surface area contributed by atoms with Crippen LogP contribution in [0.3, 0.4) is 0 Å². The highest BCUT2D eigenvalue weighted by atomic mass is 19.4. The van der Waals surface area contributed by atoms with Crippen molar-refractivity contribution in [2.75, 3.05) is 10.2 Å².